The zero-order valence-corrected chi connectivity index (χ0v) is 12.5. The number of amides is 1. The SMILES string of the molecule is CN(Cc1ccc(C#N)cc1)C(=O)c1ccc(Br)nc1. The van der Waals surface area contributed by atoms with Crippen LogP contribution in [0.15, 0.2) is 47.2 Å². The Morgan fingerprint density at radius 3 is 2.55 bits per heavy atom. The van der Waals surface area contributed by atoms with Gasteiger partial charge >= 0.3 is 0 Å². The van der Waals surface area contributed by atoms with Gasteiger partial charge in [-0.15, -0.1) is 0 Å². The van der Waals surface area contributed by atoms with E-state index in [4.69, 9.17) is 5.26 Å². The van der Waals surface area contributed by atoms with Crippen molar-refractivity contribution in [3.05, 3.63) is 63.9 Å². The van der Waals surface area contributed by atoms with Crippen molar-refractivity contribution in [1.29, 1.82) is 5.26 Å². The Hall–Kier alpha value is -2.19. The van der Waals surface area contributed by atoms with Crippen molar-refractivity contribution < 1.29 is 4.79 Å². The molecule has 0 spiro atoms. The third-order valence-electron chi connectivity index (χ3n) is 2.82. The van der Waals surface area contributed by atoms with Gasteiger partial charge in [-0.05, 0) is 45.8 Å². The molecule has 0 aliphatic heterocycles. The Balaban J connectivity index is 2.07. The van der Waals surface area contributed by atoms with E-state index >= 15 is 0 Å². The average Bonchev–Trinajstić information content (AvgIpc) is 2.48. The fraction of sp³-hybridized carbons (Fsp3) is 0.133. The molecule has 0 bridgehead atoms. The Morgan fingerprint density at radius 1 is 1.30 bits per heavy atom. The largest absolute Gasteiger partial charge is 0.337 e. The summed E-state index contributed by atoms with van der Waals surface area (Å²) in [5.74, 6) is -0.0886. The molecular formula is C15H12BrN3O. The minimum atomic E-state index is -0.0886. The lowest BCUT2D eigenvalue weighted by atomic mass is 10.1. The maximum absolute atomic E-state index is 12.2. The number of rotatable bonds is 3. The highest BCUT2D eigenvalue weighted by Gasteiger charge is 2.12. The van der Waals surface area contributed by atoms with Crippen LogP contribution in [0.3, 0.4) is 0 Å². The highest BCUT2D eigenvalue weighted by atomic mass is 79.9. The van der Waals surface area contributed by atoms with E-state index in [9.17, 15) is 4.79 Å². The number of halogens is 1. The van der Waals surface area contributed by atoms with Crippen LogP contribution < -0.4 is 0 Å². The van der Waals surface area contributed by atoms with Gasteiger partial charge in [0.1, 0.15) is 4.60 Å². The van der Waals surface area contributed by atoms with Gasteiger partial charge in [0.25, 0.3) is 5.91 Å². The van der Waals surface area contributed by atoms with E-state index in [1.54, 1.807) is 42.4 Å². The van der Waals surface area contributed by atoms with Crippen LogP contribution in [-0.4, -0.2) is 22.8 Å². The van der Waals surface area contributed by atoms with Crippen LogP contribution in [0.1, 0.15) is 21.5 Å². The van der Waals surface area contributed by atoms with Gasteiger partial charge in [-0.3, -0.25) is 4.79 Å². The van der Waals surface area contributed by atoms with E-state index in [2.05, 4.69) is 27.0 Å². The summed E-state index contributed by atoms with van der Waals surface area (Å²) in [5, 5.41) is 8.74. The number of carbonyl (C=O) groups excluding carboxylic acids is 1. The first-order valence-corrected chi connectivity index (χ1v) is 6.75. The van der Waals surface area contributed by atoms with Crippen molar-refractivity contribution >= 4 is 21.8 Å². The lowest BCUT2D eigenvalue weighted by molar-refractivity contribution is 0.0784. The minimum absolute atomic E-state index is 0.0886. The van der Waals surface area contributed by atoms with Crippen LogP contribution in [-0.2, 0) is 6.54 Å². The summed E-state index contributed by atoms with van der Waals surface area (Å²) in [6, 6.07) is 12.7. The molecule has 0 atom stereocenters. The summed E-state index contributed by atoms with van der Waals surface area (Å²) < 4.78 is 0.698. The smallest absolute Gasteiger partial charge is 0.255 e. The second kappa shape index (κ2) is 6.31. The monoisotopic (exact) mass is 329 g/mol. The molecule has 0 fully saturated rings. The highest BCUT2D eigenvalue weighted by Crippen LogP contribution is 2.11. The van der Waals surface area contributed by atoms with Crippen LogP contribution >= 0.6 is 15.9 Å². The summed E-state index contributed by atoms with van der Waals surface area (Å²) in [6.45, 7) is 0.487. The van der Waals surface area contributed by atoms with Crippen molar-refractivity contribution in [3.8, 4) is 6.07 Å². The number of carbonyl (C=O) groups is 1. The van der Waals surface area contributed by atoms with Crippen LogP contribution in [0.5, 0.6) is 0 Å². The number of aromatic nitrogens is 1. The molecule has 0 aliphatic rings. The van der Waals surface area contributed by atoms with E-state index in [1.807, 2.05) is 12.1 Å². The molecule has 0 unspecified atom stereocenters. The lowest BCUT2D eigenvalue weighted by Gasteiger charge is -2.17. The van der Waals surface area contributed by atoms with Crippen molar-refractivity contribution in [2.75, 3.05) is 7.05 Å². The Bertz CT molecular complexity index is 644. The molecule has 0 saturated carbocycles. The van der Waals surface area contributed by atoms with Gasteiger partial charge in [-0.2, -0.15) is 5.26 Å². The molecule has 1 heterocycles. The molecule has 4 nitrogen and oxygen atoms in total. The third kappa shape index (κ3) is 3.43. The van der Waals surface area contributed by atoms with Crippen LogP contribution in [0.25, 0.3) is 0 Å². The molecule has 20 heavy (non-hydrogen) atoms. The standard InChI is InChI=1S/C15H12BrN3O/c1-19(10-12-4-2-11(8-17)3-5-12)15(20)13-6-7-14(16)18-9-13/h2-7,9H,10H2,1H3. The molecular weight excluding hydrogens is 318 g/mol. The molecule has 5 heteroatoms. The van der Waals surface area contributed by atoms with E-state index in [1.165, 1.54) is 0 Å². The van der Waals surface area contributed by atoms with E-state index < -0.39 is 0 Å². The first-order chi connectivity index (χ1) is 9.60. The summed E-state index contributed by atoms with van der Waals surface area (Å²) in [6.07, 6.45) is 1.54. The topological polar surface area (TPSA) is 57.0 Å². The first kappa shape index (κ1) is 14.2. The van der Waals surface area contributed by atoms with E-state index in [0.29, 0.717) is 22.3 Å². The molecule has 100 valence electrons. The molecule has 0 saturated heterocycles. The number of benzene rings is 1. The Kier molecular flexibility index (Phi) is 4.49. The summed E-state index contributed by atoms with van der Waals surface area (Å²) >= 11 is 3.24. The maximum Gasteiger partial charge on any atom is 0.255 e. The Labute approximate surface area is 125 Å². The van der Waals surface area contributed by atoms with Crippen LogP contribution in [0.4, 0.5) is 0 Å². The van der Waals surface area contributed by atoms with Gasteiger partial charge in [0, 0.05) is 19.8 Å². The molecule has 2 aromatic rings. The predicted octanol–water partition coefficient (Wildman–Crippen LogP) is 2.99. The minimum Gasteiger partial charge on any atom is -0.337 e. The maximum atomic E-state index is 12.2. The first-order valence-electron chi connectivity index (χ1n) is 5.96. The molecule has 0 aliphatic carbocycles. The normalized spacial score (nSPS) is 9.85. The van der Waals surface area contributed by atoms with Gasteiger partial charge in [0.05, 0.1) is 17.2 Å². The zero-order chi connectivity index (χ0) is 14.5. The van der Waals surface area contributed by atoms with Crippen molar-refractivity contribution in [2.45, 2.75) is 6.54 Å². The summed E-state index contributed by atoms with van der Waals surface area (Å²) in [5.41, 5.74) is 2.13. The highest BCUT2D eigenvalue weighted by molar-refractivity contribution is 9.10. The number of nitrogens with zero attached hydrogens (tertiary/aromatic N) is 3. The number of nitriles is 1. The molecule has 1 amide bonds. The average molecular weight is 330 g/mol. The van der Waals surface area contributed by atoms with Gasteiger partial charge < -0.3 is 4.90 Å². The summed E-state index contributed by atoms with van der Waals surface area (Å²) in [4.78, 5) is 17.9. The second-order valence-corrected chi connectivity index (χ2v) is 5.15. The van der Waals surface area contributed by atoms with Crippen molar-refractivity contribution in [1.82, 2.24) is 9.88 Å². The third-order valence-corrected chi connectivity index (χ3v) is 3.29. The molecule has 0 N–H and O–H groups in total. The molecule has 0 radical (unpaired) electrons. The lowest BCUT2D eigenvalue weighted by Crippen LogP contribution is -2.26. The Morgan fingerprint density at radius 2 is 2.00 bits per heavy atom. The van der Waals surface area contributed by atoms with Crippen LogP contribution in [0.2, 0.25) is 0 Å². The summed E-state index contributed by atoms with van der Waals surface area (Å²) in [7, 11) is 1.74. The van der Waals surface area contributed by atoms with Gasteiger partial charge in [0.15, 0.2) is 0 Å². The molecule has 1 aromatic carbocycles. The van der Waals surface area contributed by atoms with E-state index in [0.717, 1.165) is 5.56 Å². The van der Waals surface area contributed by atoms with Gasteiger partial charge in [-0.25, -0.2) is 4.98 Å². The number of hydrogen-bond donors (Lipinski definition) is 0. The van der Waals surface area contributed by atoms with Crippen LogP contribution in [0, 0.1) is 11.3 Å². The van der Waals surface area contributed by atoms with Crippen molar-refractivity contribution in [3.63, 3.8) is 0 Å². The predicted molar refractivity (Wildman–Crippen MR) is 78.9 cm³/mol. The fourth-order valence-corrected chi connectivity index (χ4v) is 1.99. The van der Waals surface area contributed by atoms with E-state index in [-0.39, 0.29) is 5.91 Å². The van der Waals surface area contributed by atoms with Crippen molar-refractivity contribution in [2.24, 2.45) is 0 Å². The molecule has 1 aromatic heterocycles. The second-order valence-electron chi connectivity index (χ2n) is 4.34. The number of hydrogen-bond acceptors (Lipinski definition) is 3. The molecule has 2 rings (SSSR count). The quantitative estimate of drug-likeness (QED) is 0.813. The van der Waals surface area contributed by atoms with Gasteiger partial charge in [-0.1, -0.05) is 12.1 Å². The number of pyridine rings is 1. The fourth-order valence-electron chi connectivity index (χ4n) is 1.75. The van der Waals surface area contributed by atoms with Gasteiger partial charge in [0.2, 0.25) is 0 Å². The zero-order valence-electron chi connectivity index (χ0n) is 10.9.